The number of aryl methyl sites for hydroxylation is 2. The first-order valence-electron chi connectivity index (χ1n) is 7.46. The Kier molecular flexibility index (Phi) is 3.18. The Hall–Kier alpha value is -1.60. The molecular weight excluding hydrogens is 242 g/mol. The van der Waals surface area contributed by atoms with Gasteiger partial charge in [0, 0.05) is 6.04 Å². The van der Waals surface area contributed by atoms with Crippen molar-refractivity contribution in [1.82, 2.24) is 0 Å². The zero-order valence-corrected chi connectivity index (χ0v) is 12.9. The van der Waals surface area contributed by atoms with Crippen LogP contribution in [0.3, 0.4) is 0 Å². The van der Waals surface area contributed by atoms with E-state index in [1.54, 1.807) is 0 Å². The Labute approximate surface area is 121 Å². The topological polar surface area (TPSA) is 26.0 Å². The summed E-state index contributed by atoms with van der Waals surface area (Å²) in [6, 6.07) is 9.14. The number of fused-ring (bicyclic) bond motifs is 1. The Morgan fingerprint density at radius 3 is 2.30 bits per heavy atom. The van der Waals surface area contributed by atoms with Crippen LogP contribution in [-0.2, 0) is 6.42 Å². The fraction of sp³-hybridized carbons (Fsp3) is 0.368. The second-order valence-corrected chi connectivity index (χ2v) is 6.15. The van der Waals surface area contributed by atoms with Gasteiger partial charge in [0.2, 0.25) is 0 Å². The molecule has 2 aromatic rings. The molecule has 2 N–H and O–H groups in total. The minimum Gasteiger partial charge on any atom is -0.324 e. The molecular formula is C19H23N. The van der Waals surface area contributed by atoms with Crippen LogP contribution >= 0.6 is 0 Å². The molecule has 0 radical (unpaired) electrons. The van der Waals surface area contributed by atoms with E-state index >= 15 is 0 Å². The first-order valence-corrected chi connectivity index (χ1v) is 7.46. The smallest absolute Gasteiger partial charge is 0.0300 e. The molecule has 1 aliphatic rings. The maximum absolute atomic E-state index is 6.23. The van der Waals surface area contributed by atoms with Gasteiger partial charge in [-0.15, -0.1) is 0 Å². The van der Waals surface area contributed by atoms with Gasteiger partial charge < -0.3 is 5.73 Å². The largest absolute Gasteiger partial charge is 0.324 e. The van der Waals surface area contributed by atoms with Crippen molar-refractivity contribution in [3.8, 4) is 11.1 Å². The van der Waals surface area contributed by atoms with Crippen LogP contribution in [0.15, 0.2) is 24.3 Å². The lowest BCUT2D eigenvalue weighted by atomic mass is 9.86. The van der Waals surface area contributed by atoms with Crippen molar-refractivity contribution in [2.75, 3.05) is 0 Å². The van der Waals surface area contributed by atoms with E-state index in [4.69, 9.17) is 5.73 Å². The molecule has 0 saturated heterocycles. The van der Waals surface area contributed by atoms with E-state index < -0.39 is 0 Å². The Bertz CT molecular complexity index is 656. The number of hydrogen-bond acceptors (Lipinski definition) is 1. The first-order chi connectivity index (χ1) is 9.50. The van der Waals surface area contributed by atoms with Crippen LogP contribution < -0.4 is 5.73 Å². The average molecular weight is 265 g/mol. The van der Waals surface area contributed by atoms with E-state index in [-0.39, 0.29) is 6.04 Å². The predicted octanol–water partition coefficient (Wildman–Crippen LogP) is 4.53. The number of nitrogens with two attached hydrogens (primary N) is 1. The number of hydrogen-bond donors (Lipinski definition) is 1. The van der Waals surface area contributed by atoms with E-state index in [9.17, 15) is 0 Å². The van der Waals surface area contributed by atoms with Gasteiger partial charge in [0.15, 0.2) is 0 Å². The van der Waals surface area contributed by atoms with Crippen molar-refractivity contribution < 1.29 is 0 Å². The minimum absolute atomic E-state index is 0.219. The van der Waals surface area contributed by atoms with Crippen LogP contribution in [0.5, 0.6) is 0 Å². The van der Waals surface area contributed by atoms with Crippen LogP contribution in [0.2, 0.25) is 0 Å². The highest BCUT2D eigenvalue weighted by molar-refractivity contribution is 5.77. The van der Waals surface area contributed by atoms with Gasteiger partial charge >= 0.3 is 0 Å². The normalized spacial score (nSPS) is 17.4. The Morgan fingerprint density at radius 1 is 1.00 bits per heavy atom. The molecule has 0 fully saturated rings. The highest BCUT2D eigenvalue weighted by Crippen LogP contribution is 2.40. The Balaban J connectivity index is 2.31. The van der Waals surface area contributed by atoms with Crippen molar-refractivity contribution >= 4 is 0 Å². The summed E-state index contributed by atoms with van der Waals surface area (Å²) in [4.78, 5) is 0. The maximum atomic E-state index is 6.23. The van der Waals surface area contributed by atoms with Crippen molar-refractivity contribution in [1.29, 1.82) is 0 Å². The van der Waals surface area contributed by atoms with E-state index in [2.05, 4.69) is 52.0 Å². The molecule has 0 saturated carbocycles. The summed E-state index contributed by atoms with van der Waals surface area (Å²) in [5.74, 6) is 0. The molecule has 1 unspecified atom stereocenters. The lowest BCUT2D eigenvalue weighted by molar-refractivity contribution is 0.713. The van der Waals surface area contributed by atoms with Gasteiger partial charge in [-0.3, -0.25) is 0 Å². The van der Waals surface area contributed by atoms with Gasteiger partial charge in [0.05, 0.1) is 0 Å². The van der Waals surface area contributed by atoms with Gasteiger partial charge in [0.25, 0.3) is 0 Å². The van der Waals surface area contributed by atoms with Gasteiger partial charge in [-0.25, -0.2) is 0 Å². The fourth-order valence-electron chi connectivity index (χ4n) is 3.54. The van der Waals surface area contributed by atoms with E-state index in [0.29, 0.717) is 0 Å². The molecule has 1 heteroatoms. The van der Waals surface area contributed by atoms with Gasteiger partial charge in [0.1, 0.15) is 0 Å². The van der Waals surface area contributed by atoms with Crippen molar-refractivity contribution in [2.24, 2.45) is 5.73 Å². The third-order valence-electron chi connectivity index (χ3n) is 4.95. The highest BCUT2D eigenvalue weighted by Gasteiger charge is 2.23. The van der Waals surface area contributed by atoms with Crippen molar-refractivity contribution in [3.05, 3.63) is 57.6 Å². The minimum atomic E-state index is 0.219. The summed E-state index contributed by atoms with van der Waals surface area (Å²) < 4.78 is 0. The number of rotatable bonds is 1. The van der Waals surface area contributed by atoms with Gasteiger partial charge in [-0.2, -0.15) is 0 Å². The molecule has 0 bridgehead atoms. The SMILES string of the molecule is Cc1cc(C)c(C)c(-c2cccc3c2CCC3N)c1C. The zero-order valence-electron chi connectivity index (χ0n) is 12.9. The molecule has 0 amide bonds. The van der Waals surface area contributed by atoms with Crippen LogP contribution in [0.1, 0.15) is 45.8 Å². The summed E-state index contributed by atoms with van der Waals surface area (Å²) in [5, 5.41) is 0. The lowest BCUT2D eigenvalue weighted by Crippen LogP contribution is -2.05. The fourth-order valence-corrected chi connectivity index (χ4v) is 3.54. The second kappa shape index (κ2) is 4.75. The van der Waals surface area contributed by atoms with Crippen LogP contribution in [0.25, 0.3) is 11.1 Å². The highest BCUT2D eigenvalue weighted by atomic mass is 14.6. The van der Waals surface area contributed by atoms with E-state index in [1.165, 1.54) is 44.5 Å². The van der Waals surface area contributed by atoms with Crippen molar-refractivity contribution in [3.63, 3.8) is 0 Å². The molecule has 0 spiro atoms. The monoisotopic (exact) mass is 265 g/mol. The quantitative estimate of drug-likeness (QED) is 0.805. The van der Waals surface area contributed by atoms with E-state index in [0.717, 1.165) is 12.8 Å². The number of benzene rings is 2. The standard InChI is InChI=1S/C19H23N/c1-11-10-12(2)14(4)19(13(11)3)17-7-5-6-16-15(17)8-9-18(16)20/h5-7,10,18H,8-9,20H2,1-4H3. The lowest BCUT2D eigenvalue weighted by Gasteiger charge is -2.18. The molecule has 104 valence electrons. The molecule has 3 rings (SSSR count). The van der Waals surface area contributed by atoms with Crippen LogP contribution in [0.4, 0.5) is 0 Å². The van der Waals surface area contributed by atoms with Crippen molar-refractivity contribution in [2.45, 2.75) is 46.6 Å². The third kappa shape index (κ3) is 1.89. The van der Waals surface area contributed by atoms with Gasteiger partial charge in [-0.1, -0.05) is 24.3 Å². The van der Waals surface area contributed by atoms with Crippen LogP contribution in [0, 0.1) is 27.7 Å². The molecule has 0 aromatic heterocycles. The average Bonchev–Trinajstić information content (AvgIpc) is 2.80. The molecule has 20 heavy (non-hydrogen) atoms. The summed E-state index contributed by atoms with van der Waals surface area (Å²) in [5.41, 5.74) is 17.4. The molecule has 1 nitrogen and oxygen atoms in total. The Morgan fingerprint density at radius 2 is 1.65 bits per heavy atom. The predicted molar refractivity (Wildman–Crippen MR) is 86.1 cm³/mol. The maximum Gasteiger partial charge on any atom is 0.0300 e. The third-order valence-corrected chi connectivity index (χ3v) is 4.95. The molecule has 1 aliphatic carbocycles. The van der Waals surface area contributed by atoms with Crippen LogP contribution in [-0.4, -0.2) is 0 Å². The summed E-state index contributed by atoms with van der Waals surface area (Å²) in [7, 11) is 0. The summed E-state index contributed by atoms with van der Waals surface area (Å²) in [6.07, 6.45) is 2.19. The molecule has 0 heterocycles. The van der Waals surface area contributed by atoms with Gasteiger partial charge in [-0.05, 0) is 85.0 Å². The van der Waals surface area contributed by atoms with E-state index in [1.807, 2.05) is 0 Å². The summed E-state index contributed by atoms with van der Waals surface area (Å²) >= 11 is 0. The zero-order chi connectivity index (χ0) is 14.4. The summed E-state index contributed by atoms with van der Waals surface area (Å²) in [6.45, 7) is 8.90. The molecule has 2 aromatic carbocycles. The molecule has 0 aliphatic heterocycles. The second-order valence-electron chi connectivity index (χ2n) is 6.15. The first kappa shape index (κ1) is 13.4. The molecule has 1 atom stereocenters.